The molecule has 0 saturated carbocycles. The Morgan fingerprint density at radius 3 is 2.26 bits per heavy atom. The minimum atomic E-state index is -0.883. The minimum absolute atomic E-state index is 0.140. The number of ether oxygens (including phenoxy) is 6. The Balaban J connectivity index is 1.37. The number of hydrogen-bond acceptors (Lipinski definition) is 11. The van der Waals surface area contributed by atoms with Gasteiger partial charge in [-0.1, -0.05) is 59.9 Å². The van der Waals surface area contributed by atoms with Crippen LogP contribution in [0.3, 0.4) is 0 Å². The predicted molar refractivity (Wildman–Crippen MR) is 201 cm³/mol. The summed E-state index contributed by atoms with van der Waals surface area (Å²) in [6.45, 7) is 8.05. The van der Waals surface area contributed by atoms with Crippen molar-refractivity contribution in [3.05, 3.63) is 127 Å². The third-order valence-electron chi connectivity index (χ3n) is 8.45. The number of thiazole rings is 1. The highest BCUT2D eigenvalue weighted by Gasteiger charge is 2.34. The van der Waals surface area contributed by atoms with Crippen LogP contribution in [0.15, 0.2) is 99.9 Å². The third-order valence-corrected chi connectivity index (χ3v) is 9.43. The SMILES string of the molecule is CCOC(=O)C1=C(C)N=c2s/c(=C\c3ccc(OCc4ccc5ccccc5c4)c(OCC)c3)c(=O)n2[C@@H]1c1ccc(OCC(=O)OC)c(OCC)c1. The number of hydrogen-bond donors (Lipinski definition) is 0. The van der Waals surface area contributed by atoms with E-state index in [4.69, 9.17) is 28.4 Å². The van der Waals surface area contributed by atoms with Gasteiger partial charge in [0.15, 0.2) is 34.4 Å². The molecular weight excluding hydrogens is 697 g/mol. The second-order valence-corrected chi connectivity index (χ2v) is 12.9. The second-order valence-electron chi connectivity index (χ2n) is 11.9. The van der Waals surface area contributed by atoms with Gasteiger partial charge in [-0.05, 0) is 91.6 Å². The Bertz CT molecular complexity index is 2380. The van der Waals surface area contributed by atoms with Crippen molar-refractivity contribution in [2.45, 2.75) is 40.3 Å². The van der Waals surface area contributed by atoms with E-state index in [2.05, 4.69) is 29.3 Å². The summed E-state index contributed by atoms with van der Waals surface area (Å²) < 4.78 is 35.7. The maximum Gasteiger partial charge on any atom is 0.343 e. The van der Waals surface area contributed by atoms with Gasteiger partial charge in [-0.15, -0.1) is 0 Å². The molecule has 2 heterocycles. The van der Waals surface area contributed by atoms with E-state index >= 15 is 0 Å². The molecule has 274 valence electrons. The first-order valence-corrected chi connectivity index (χ1v) is 18.1. The van der Waals surface area contributed by atoms with Crippen molar-refractivity contribution in [2.24, 2.45) is 4.99 Å². The molecule has 0 spiro atoms. The van der Waals surface area contributed by atoms with Gasteiger partial charge in [0.05, 0.1) is 48.8 Å². The van der Waals surface area contributed by atoms with Gasteiger partial charge >= 0.3 is 11.9 Å². The molecule has 12 heteroatoms. The number of esters is 2. The Morgan fingerprint density at radius 2 is 1.53 bits per heavy atom. The fourth-order valence-electron chi connectivity index (χ4n) is 6.03. The van der Waals surface area contributed by atoms with Crippen LogP contribution in [0.2, 0.25) is 0 Å². The maximum absolute atomic E-state index is 14.3. The zero-order chi connectivity index (χ0) is 37.5. The zero-order valence-corrected chi connectivity index (χ0v) is 31.0. The molecule has 1 atom stereocenters. The molecular formula is C41H40N2O9S. The molecule has 1 aliphatic rings. The van der Waals surface area contributed by atoms with E-state index in [1.165, 1.54) is 23.0 Å². The first-order chi connectivity index (χ1) is 25.7. The number of fused-ring (bicyclic) bond motifs is 2. The number of carbonyl (C=O) groups is 2. The Labute approximate surface area is 310 Å². The highest BCUT2D eigenvalue weighted by Crippen LogP contribution is 2.37. The Hall–Kier alpha value is -5.88. The van der Waals surface area contributed by atoms with Crippen molar-refractivity contribution >= 4 is 40.1 Å². The van der Waals surface area contributed by atoms with Gasteiger partial charge in [0.25, 0.3) is 5.56 Å². The summed E-state index contributed by atoms with van der Waals surface area (Å²) in [5.41, 5.74) is 2.63. The summed E-state index contributed by atoms with van der Waals surface area (Å²) >= 11 is 1.21. The van der Waals surface area contributed by atoms with E-state index < -0.39 is 18.0 Å². The number of nitrogens with zero attached hydrogens (tertiary/aromatic N) is 2. The molecule has 0 amide bonds. The molecule has 53 heavy (non-hydrogen) atoms. The van der Waals surface area contributed by atoms with Crippen molar-refractivity contribution in [3.63, 3.8) is 0 Å². The summed E-state index contributed by atoms with van der Waals surface area (Å²) in [5, 5.41) is 2.30. The van der Waals surface area contributed by atoms with Gasteiger partial charge in [-0.25, -0.2) is 14.6 Å². The Kier molecular flexibility index (Phi) is 11.6. The van der Waals surface area contributed by atoms with Crippen molar-refractivity contribution in [1.29, 1.82) is 0 Å². The molecule has 0 radical (unpaired) electrons. The molecule has 11 nitrogen and oxygen atoms in total. The van der Waals surface area contributed by atoms with E-state index in [1.54, 1.807) is 38.1 Å². The first-order valence-electron chi connectivity index (χ1n) is 17.3. The predicted octanol–water partition coefficient (Wildman–Crippen LogP) is 5.88. The van der Waals surface area contributed by atoms with Gasteiger partial charge in [-0.2, -0.15) is 0 Å². The van der Waals surface area contributed by atoms with Crippen LogP contribution in [0.1, 0.15) is 50.4 Å². The maximum atomic E-state index is 14.3. The molecule has 0 N–H and O–H groups in total. The fourth-order valence-corrected chi connectivity index (χ4v) is 7.07. The number of methoxy groups -OCH3 is 1. The van der Waals surface area contributed by atoms with Crippen LogP contribution in [0.25, 0.3) is 16.8 Å². The summed E-state index contributed by atoms with van der Waals surface area (Å²) in [5.74, 6) is 0.631. The van der Waals surface area contributed by atoms with Crippen LogP contribution in [0.5, 0.6) is 23.0 Å². The molecule has 0 saturated heterocycles. The van der Waals surface area contributed by atoms with Crippen LogP contribution in [-0.2, 0) is 25.7 Å². The molecule has 4 aromatic carbocycles. The van der Waals surface area contributed by atoms with Gasteiger partial charge in [0.2, 0.25) is 0 Å². The number of benzene rings is 4. The summed E-state index contributed by atoms with van der Waals surface area (Å²) in [6.07, 6.45) is 1.77. The van der Waals surface area contributed by atoms with Gasteiger partial charge in [-0.3, -0.25) is 9.36 Å². The second kappa shape index (κ2) is 16.6. The lowest BCUT2D eigenvalue weighted by atomic mass is 9.95. The lowest BCUT2D eigenvalue weighted by Gasteiger charge is -2.25. The third kappa shape index (κ3) is 8.12. The highest BCUT2D eigenvalue weighted by atomic mass is 32.1. The van der Waals surface area contributed by atoms with Gasteiger partial charge in [0, 0.05) is 0 Å². The molecule has 6 rings (SSSR count). The quantitative estimate of drug-likeness (QED) is 0.129. The molecule has 5 aromatic rings. The average molecular weight is 737 g/mol. The lowest BCUT2D eigenvalue weighted by Crippen LogP contribution is -2.40. The van der Waals surface area contributed by atoms with E-state index in [-0.39, 0.29) is 24.3 Å². The van der Waals surface area contributed by atoms with Crippen LogP contribution in [-0.4, -0.2) is 50.0 Å². The average Bonchev–Trinajstić information content (AvgIpc) is 3.46. The standard InChI is InChI=1S/C41H40N2O9S/c1-6-48-33-20-26(14-17-31(33)51-23-27-13-15-28-11-9-10-12-29(28)19-27)21-35-39(45)43-38(37(40(46)50-8-3)25(4)42-41(43)53-35)30-16-18-32(34(22-30)49-7-2)52-24-36(44)47-5/h9-22,38H,6-8,23-24H2,1-5H3/b35-21-/t38-/m1/s1. The van der Waals surface area contributed by atoms with Crippen molar-refractivity contribution in [2.75, 3.05) is 33.5 Å². The summed E-state index contributed by atoms with van der Waals surface area (Å²) in [4.78, 5) is 44.6. The number of aromatic nitrogens is 1. The largest absolute Gasteiger partial charge is 0.490 e. The first kappa shape index (κ1) is 36.9. The minimum Gasteiger partial charge on any atom is -0.490 e. The van der Waals surface area contributed by atoms with E-state index in [1.807, 2.05) is 50.2 Å². The lowest BCUT2D eigenvalue weighted by molar-refractivity contribution is -0.143. The monoisotopic (exact) mass is 736 g/mol. The fraction of sp³-hybridized carbons (Fsp3) is 0.268. The number of rotatable bonds is 14. The molecule has 1 aromatic heterocycles. The smallest absolute Gasteiger partial charge is 0.343 e. The molecule has 0 fully saturated rings. The van der Waals surface area contributed by atoms with Crippen LogP contribution in [0, 0.1) is 0 Å². The van der Waals surface area contributed by atoms with Crippen LogP contribution in [0.4, 0.5) is 0 Å². The highest BCUT2D eigenvalue weighted by molar-refractivity contribution is 7.07. The van der Waals surface area contributed by atoms with Crippen molar-refractivity contribution < 1.29 is 38.0 Å². The number of carbonyl (C=O) groups excluding carboxylic acids is 2. The van der Waals surface area contributed by atoms with Crippen molar-refractivity contribution in [1.82, 2.24) is 4.57 Å². The van der Waals surface area contributed by atoms with Gasteiger partial charge < -0.3 is 28.4 Å². The van der Waals surface area contributed by atoms with Crippen LogP contribution < -0.4 is 33.8 Å². The molecule has 1 aliphatic heterocycles. The topological polar surface area (TPSA) is 124 Å². The normalized spacial score (nSPS) is 14.0. The van der Waals surface area contributed by atoms with Gasteiger partial charge in [0.1, 0.15) is 6.61 Å². The molecule has 0 aliphatic carbocycles. The molecule has 0 bridgehead atoms. The number of allylic oxidation sites excluding steroid dienone is 1. The van der Waals surface area contributed by atoms with E-state index in [0.717, 1.165) is 21.9 Å². The van der Waals surface area contributed by atoms with Crippen LogP contribution >= 0.6 is 11.3 Å². The van der Waals surface area contributed by atoms with E-state index in [9.17, 15) is 14.4 Å². The molecule has 0 unspecified atom stereocenters. The summed E-state index contributed by atoms with van der Waals surface area (Å²) in [7, 11) is 1.27. The summed E-state index contributed by atoms with van der Waals surface area (Å²) in [6, 6.07) is 24.1. The Morgan fingerprint density at radius 1 is 0.811 bits per heavy atom. The zero-order valence-electron chi connectivity index (χ0n) is 30.2. The van der Waals surface area contributed by atoms with E-state index in [0.29, 0.717) is 63.4 Å². The van der Waals surface area contributed by atoms with Crippen molar-refractivity contribution in [3.8, 4) is 23.0 Å².